The topological polar surface area (TPSA) is 33.6 Å². The van der Waals surface area contributed by atoms with Crippen molar-refractivity contribution in [3.05, 3.63) is 24.0 Å². The first-order chi connectivity index (χ1) is 6.91. The van der Waals surface area contributed by atoms with Crippen LogP contribution in [-0.4, -0.2) is 30.9 Å². The van der Waals surface area contributed by atoms with Crippen molar-refractivity contribution < 1.29 is 4.74 Å². The van der Waals surface area contributed by atoms with Crippen LogP contribution < -0.4 is 5.32 Å². The van der Waals surface area contributed by atoms with Gasteiger partial charge in [-0.15, -0.1) is 0 Å². The summed E-state index contributed by atoms with van der Waals surface area (Å²) in [6, 6.07) is 0. The zero-order valence-electron chi connectivity index (χ0n) is 8.12. The highest BCUT2D eigenvalue weighted by atomic mass is 16.5. The Labute approximate surface area is 83.6 Å². The first kappa shape index (κ1) is 8.24. The number of piperidine rings is 1. The summed E-state index contributed by atoms with van der Waals surface area (Å²) in [6.07, 6.45) is 8.16. The zero-order valence-corrected chi connectivity index (χ0v) is 8.12. The minimum Gasteiger partial charge on any atom is -0.488 e. The van der Waals surface area contributed by atoms with Crippen molar-refractivity contribution in [3.63, 3.8) is 0 Å². The van der Waals surface area contributed by atoms with E-state index in [9.17, 15) is 0 Å². The summed E-state index contributed by atoms with van der Waals surface area (Å²) in [5.74, 6) is 0. The van der Waals surface area contributed by atoms with Gasteiger partial charge in [0, 0.05) is 18.4 Å². The molecule has 0 aliphatic carbocycles. The lowest BCUT2D eigenvalue weighted by atomic mass is 9.84. The van der Waals surface area contributed by atoms with Crippen LogP contribution in [0.25, 0.3) is 0 Å². The van der Waals surface area contributed by atoms with Crippen LogP contribution in [-0.2, 0) is 4.74 Å². The van der Waals surface area contributed by atoms with E-state index in [0.717, 1.165) is 32.5 Å². The Morgan fingerprint density at radius 1 is 1.36 bits per heavy atom. The maximum absolute atomic E-state index is 5.84. The van der Waals surface area contributed by atoms with Crippen LogP contribution >= 0.6 is 0 Å². The second-order valence-electron chi connectivity index (χ2n) is 4.03. The Kier molecular flexibility index (Phi) is 1.74. The fourth-order valence-corrected chi connectivity index (χ4v) is 2.41. The van der Waals surface area contributed by atoms with Gasteiger partial charge in [0.25, 0.3) is 0 Å². The fourth-order valence-electron chi connectivity index (χ4n) is 2.41. The predicted octanol–water partition coefficient (Wildman–Crippen LogP) is 1.03. The summed E-state index contributed by atoms with van der Waals surface area (Å²) in [6.45, 7) is 2.87. The van der Waals surface area contributed by atoms with Gasteiger partial charge in [-0.1, -0.05) is 12.2 Å². The number of dihydropyridines is 1. The monoisotopic (exact) mass is 190 g/mol. The van der Waals surface area contributed by atoms with E-state index in [1.165, 1.54) is 11.3 Å². The van der Waals surface area contributed by atoms with Crippen LogP contribution in [0.5, 0.6) is 0 Å². The number of fused-ring (bicyclic) bond motifs is 2. The first-order valence-electron chi connectivity index (χ1n) is 5.21. The summed E-state index contributed by atoms with van der Waals surface area (Å²) >= 11 is 0. The SMILES string of the molecule is C1=CC2=COC3(CCNCC3)C2=NC1. The average molecular weight is 190 g/mol. The molecule has 3 nitrogen and oxygen atoms in total. The predicted molar refractivity (Wildman–Crippen MR) is 55.4 cm³/mol. The maximum atomic E-state index is 5.84. The fraction of sp³-hybridized carbons (Fsp3) is 0.545. The van der Waals surface area contributed by atoms with Gasteiger partial charge in [-0.05, 0) is 13.1 Å². The summed E-state index contributed by atoms with van der Waals surface area (Å²) in [5.41, 5.74) is 2.27. The molecule has 0 aromatic heterocycles. The lowest BCUT2D eigenvalue weighted by molar-refractivity contribution is 0.0680. The van der Waals surface area contributed by atoms with Crippen molar-refractivity contribution in [1.29, 1.82) is 0 Å². The van der Waals surface area contributed by atoms with Gasteiger partial charge < -0.3 is 10.1 Å². The standard InChI is InChI=1S/C11H14N2O/c1-2-9-8-14-11(10(9)13-5-1)3-6-12-7-4-11/h1-2,8,12H,3-7H2. The van der Waals surface area contributed by atoms with Crippen molar-refractivity contribution in [2.24, 2.45) is 4.99 Å². The number of aliphatic imine (C=N–C) groups is 1. The van der Waals surface area contributed by atoms with Crippen molar-refractivity contribution in [2.45, 2.75) is 18.4 Å². The summed E-state index contributed by atoms with van der Waals surface area (Å²) in [7, 11) is 0. The highest BCUT2D eigenvalue weighted by Crippen LogP contribution is 2.35. The lowest BCUT2D eigenvalue weighted by Gasteiger charge is -2.34. The second-order valence-corrected chi connectivity index (χ2v) is 4.03. The summed E-state index contributed by atoms with van der Waals surface area (Å²) < 4.78 is 5.84. The molecule has 0 aromatic rings. The third-order valence-corrected chi connectivity index (χ3v) is 3.18. The van der Waals surface area contributed by atoms with E-state index in [4.69, 9.17) is 4.74 Å². The third kappa shape index (κ3) is 1.05. The minimum absolute atomic E-state index is 0.0919. The quantitative estimate of drug-likeness (QED) is 0.619. The smallest absolute Gasteiger partial charge is 0.152 e. The van der Waals surface area contributed by atoms with Crippen LogP contribution in [0.15, 0.2) is 29.0 Å². The Balaban J connectivity index is 1.93. The van der Waals surface area contributed by atoms with Gasteiger partial charge in [0.05, 0.1) is 18.5 Å². The Morgan fingerprint density at radius 3 is 3.07 bits per heavy atom. The number of nitrogens with one attached hydrogen (secondary N) is 1. The second kappa shape index (κ2) is 2.95. The van der Waals surface area contributed by atoms with Crippen molar-refractivity contribution in [2.75, 3.05) is 19.6 Å². The van der Waals surface area contributed by atoms with Gasteiger partial charge in [-0.25, -0.2) is 0 Å². The van der Waals surface area contributed by atoms with E-state index in [1.54, 1.807) is 0 Å². The largest absolute Gasteiger partial charge is 0.488 e. The highest BCUT2D eigenvalue weighted by molar-refractivity contribution is 6.10. The molecule has 0 bridgehead atoms. The molecular weight excluding hydrogens is 176 g/mol. The molecule has 1 fully saturated rings. The molecule has 0 aromatic carbocycles. The summed E-state index contributed by atoms with van der Waals surface area (Å²) in [5, 5.41) is 3.36. The molecule has 74 valence electrons. The van der Waals surface area contributed by atoms with Crippen molar-refractivity contribution >= 4 is 5.71 Å². The molecule has 3 heteroatoms. The molecule has 3 aliphatic heterocycles. The molecule has 0 amide bonds. The number of ether oxygens (including phenoxy) is 1. The molecule has 3 heterocycles. The van der Waals surface area contributed by atoms with Crippen LogP contribution in [0.4, 0.5) is 0 Å². The minimum atomic E-state index is -0.0919. The zero-order chi connectivity index (χ0) is 9.43. The highest BCUT2D eigenvalue weighted by Gasteiger charge is 2.43. The van der Waals surface area contributed by atoms with Gasteiger partial charge >= 0.3 is 0 Å². The normalized spacial score (nSPS) is 28.0. The molecule has 0 unspecified atom stereocenters. The third-order valence-electron chi connectivity index (χ3n) is 3.18. The maximum Gasteiger partial charge on any atom is 0.152 e. The molecule has 1 N–H and O–H groups in total. The van der Waals surface area contributed by atoms with E-state index in [0.29, 0.717) is 0 Å². The molecule has 1 spiro atoms. The number of nitrogens with zero attached hydrogens (tertiary/aromatic N) is 1. The van der Waals surface area contributed by atoms with Gasteiger partial charge in [0.15, 0.2) is 5.60 Å². The Hall–Kier alpha value is -1.09. The first-order valence-corrected chi connectivity index (χ1v) is 5.21. The molecule has 14 heavy (non-hydrogen) atoms. The number of rotatable bonds is 0. The number of allylic oxidation sites excluding steroid dienone is 1. The van der Waals surface area contributed by atoms with Crippen molar-refractivity contribution in [1.82, 2.24) is 5.32 Å². The number of hydrogen-bond acceptors (Lipinski definition) is 3. The molecule has 1 saturated heterocycles. The lowest BCUT2D eigenvalue weighted by Crippen LogP contribution is -2.47. The molecular formula is C11H14N2O. The van der Waals surface area contributed by atoms with Gasteiger partial charge in [0.1, 0.15) is 0 Å². The number of hydrogen-bond donors (Lipinski definition) is 1. The molecule has 3 aliphatic rings. The molecule has 0 atom stereocenters. The van der Waals surface area contributed by atoms with E-state index in [1.807, 2.05) is 6.26 Å². The van der Waals surface area contributed by atoms with Crippen LogP contribution in [0.3, 0.4) is 0 Å². The van der Waals surface area contributed by atoms with E-state index in [2.05, 4.69) is 22.5 Å². The van der Waals surface area contributed by atoms with Gasteiger partial charge in [0.2, 0.25) is 0 Å². The molecule has 0 saturated carbocycles. The van der Waals surface area contributed by atoms with E-state index in [-0.39, 0.29) is 5.60 Å². The van der Waals surface area contributed by atoms with Crippen molar-refractivity contribution in [3.8, 4) is 0 Å². The van der Waals surface area contributed by atoms with Gasteiger partial charge in [-0.2, -0.15) is 0 Å². The van der Waals surface area contributed by atoms with E-state index < -0.39 is 0 Å². The molecule has 3 rings (SSSR count). The average Bonchev–Trinajstić information content (AvgIpc) is 2.60. The Bertz CT molecular complexity index is 335. The van der Waals surface area contributed by atoms with Crippen LogP contribution in [0, 0.1) is 0 Å². The summed E-state index contributed by atoms with van der Waals surface area (Å²) in [4.78, 5) is 4.58. The van der Waals surface area contributed by atoms with Crippen LogP contribution in [0.2, 0.25) is 0 Å². The van der Waals surface area contributed by atoms with E-state index >= 15 is 0 Å². The van der Waals surface area contributed by atoms with Gasteiger partial charge in [-0.3, -0.25) is 4.99 Å². The molecule has 0 radical (unpaired) electrons. The Morgan fingerprint density at radius 2 is 2.21 bits per heavy atom. The van der Waals surface area contributed by atoms with Crippen LogP contribution in [0.1, 0.15) is 12.8 Å².